The fraction of sp³-hybridized carbons (Fsp3) is 0.0233. The van der Waals surface area contributed by atoms with E-state index in [0.717, 1.165) is 55.0 Å². The average Bonchev–Trinajstić information content (AvgIpc) is 3.71. The lowest BCUT2D eigenvalue weighted by Gasteiger charge is -2.15. The largest absolute Gasteiger partial charge is 0.294 e. The molecule has 9 aromatic rings. The predicted molar refractivity (Wildman–Crippen MR) is 203 cm³/mol. The van der Waals surface area contributed by atoms with Crippen LogP contribution in [0.15, 0.2) is 140 Å². The van der Waals surface area contributed by atoms with Crippen LogP contribution in [0.5, 0.6) is 0 Å². The van der Waals surface area contributed by atoms with Crippen LogP contribution < -0.4 is 0 Å². The maximum absolute atomic E-state index is 6.30. The van der Waals surface area contributed by atoms with E-state index in [1.54, 1.807) is 36.9 Å². The van der Waals surface area contributed by atoms with Crippen molar-refractivity contribution in [2.24, 2.45) is 0 Å². The molecule has 0 saturated heterocycles. The Morgan fingerprint density at radius 2 is 0.980 bits per heavy atom. The molecule has 0 saturated carbocycles. The number of fused-ring (bicyclic) bond motifs is 4. The second-order valence-electron chi connectivity index (χ2n) is 12.0. The SMILES string of the molecule is C#Cc1c(/C=C\C)c2ccccc2n1-c1cc(-n2c3ccccc3c3ccccc32)nc(-c2cc(-c3ncccn3)cc(-c3ncccn3)c2)n1. The van der Waals surface area contributed by atoms with Crippen molar-refractivity contribution in [2.45, 2.75) is 6.92 Å². The Morgan fingerprint density at radius 1 is 0.529 bits per heavy atom. The first-order valence-electron chi connectivity index (χ1n) is 16.5. The molecule has 51 heavy (non-hydrogen) atoms. The lowest BCUT2D eigenvalue weighted by Crippen LogP contribution is -2.08. The Labute approximate surface area is 293 Å². The first-order chi connectivity index (χ1) is 25.2. The second-order valence-corrected chi connectivity index (χ2v) is 12.0. The van der Waals surface area contributed by atoms with Gasteiger partial charge in [-0.15, -0.1) is 6.42 Å². The number of para-hydroxylation sites is 3. The zero-order valence-corrected chi connectivity index (χ0v) is 27.5. The van der Waals surface area contributed by atoms with Gasteiger partial charge < -0.3 is 0 Å². The van der Waals surface area contributed by atoms with Crippen molar-refractivity contribution in [3.05, 3.63) is 151 Å². The molecule has 5 aromatic heterocycles. The fourth-order valence-electron chi connectivity index (χ4n) is 6.84. The second kappa shape index (κ2) is 12.3. The molecule has 0 aliphatic carbocycles. The Morgan fingerprint density at radius 3 is 1.49 bits per heavy atom. The van der Waals surface area contributed by atoms with Gasteiger partial charge in [0.1, 0.15) is 17.3 Å². The van der Waals surface area contributed by atoms with E-state index >= 15 is 0 Å². The molecule has 0 bridgehead atoms. The van der Waals surface area contributed by atoms with Gasteiger partial charge in [0.2, 0.25) is 0 Å². The summed E-state index contributed by atoms with van der Waals surface area (Å²) < 4.78 is 4.25. The molecule has 240 valence electrons. The number of terminal acetylenes is 1. The molecule has 9 rings (SSSR count). The summed E-state index contributed by atoms with van der Waals surface area (Å²) in [6.45, 7) is 1.99. The lowest BCUT2D eigenvalue weighted by molar-refractivity contribution is 0.970. The van der Waals surface area contributed by atoms with E-state index in [9.17, 15) is 0 Å². The maximum Gasteiger partial charge on any atom is 0.163 e. The molecule has 0 N–H and O–H groups in total. The van der Waals surface area contributed by atoms with Crippen molar-refractivity contribution in [3.8, 4) is 58.1 Å². The van der Waals surface area contributed by atoms with Crippen molar-refractivity contribution in [2.75, 3.05) is 0 Å². The minimum Gasteiger partial charge on any atom is -0.294 e. The van der Waals surface area contributed by atoms with Gasteiger partial charge >= 0.3 is 0 Å². The lowest BCUT2D eigenvalue weighted by atomic mass is 10.0. The number of nitrogens with zero attached hydrogens (tertiary/aromatic N) is 8. The average molecular weight is 657 g/mol. The summed E-state index contributed by atoms with van der Waals surface area (Å²) >= 11 is 0. The Hall–Kier alpha value is -7.24. The van der Waals surface area contributed by atoms with Crippen molar-refractivity contribution in [3.63, 3.8) is 0 Å². The van der Waals surface area contributed by atoms with E-state index in [0.29, 0.717) is 34.8 Å². The Bertz CT molecular complexity index is 2710. The van der Waals surface area contributed by atoms with Gasteiger partial charge in [-0.3, -0.25) is 9.13 Å². The molecule has 8 nitrogen and oxygen atoms in total. The first kappa shape index (κ1) is 29.9. The maximum atomic E-state index is 6.30. The number of allylic oxidation sites excluding steroid dienone is 1. The molecule has 0 aliphatic heterocycles. The molecule has 0 atom stereocenters. The van der Waals surface area contributed by atoms with Crippen molar-refractivity contribution >= 4 is 38.8 Å². The van der Waals surface area contributed by atoms with Gasteiger partial charge in [0.15, 0.2) is 17.5 Å². The van der Waals surface area contributed by atoms with Crippen LogP contribution in [0.3, 0.4) is 0 Å². The van der Waals surface area contributed by atoms with Gasteiger partial charge in [-0.1, -0.05) is 72.7 Å². The normalized spacial score (nSPS) is 11.5. The van der Waals surface area contributed by atoms with Gasteiger partial charge in [0.05, 0.1) is 16.6 Å². The molecule has 0 amide bonds. The van der Waals surface area contributed by atoms with Crippen LogP contribution in [-0.2, 0) is 0 Å². The standard InChI is InChI=1S/C43H28N8/c1-3-13-31-32-14-5-8-17-36(32)50(35(31)4-2)39-27-40(51-37-18-9-6-15-33(37)34-16-7-10-19-38(34)51)49-43(48-39)30-25-28(41-44-20-11-21-45-41)24-29(26-30)42-46-22-12-23-47-42/h2-3,5-27H,1H3/b13-3-. The van der Waals surface area contributed by atoms with E-state index in [1.165, 1.54) is 0 Å². The summed E-state index contributed by atoms with van der Waals surface area (Å²) in [4.78, 5) is 28.8. The van der Waals surface area contributed by atoms with Gasteiger partial charge in [0.25, 0.3) is 0 Å². The molecule has 8 heteroatoms. The van der Waals surface area contributed by atoms with Crippen molar-refractivity contribution < 1.29 is 0 Å². The Kier molecular flexibility index (Phi) is 7.22. The fourth-order valence-corrected chi connectivity index (χ4v) is 6.84. The minimum atomic E-state index is 0.493. The summed E-state index contributed by atoms with van der Waals surface area (Å²) in [5.74, 6) is 5.94. The number of benzene rings is 4. The van der Waals surface area contributed by atoms with Crippen molar-refractivity contribution in [1.82, 2.24) is 39.0 Å². The molecule has 0 unspecified atom stereocenters. The summed E-state index contributed by atoms with van der Waals surface area (Å²) in [7, 11) is 0. The first-order valence-corrected chi connectivity index (χ1v) is 16.5. The predicted octanol–water partition coefficient (Wildman–Crippen LogP) is 9.11. The third kappa shape index (κ3) is 5.04. The molecule has 0 aliphatic rings. The van der Waals surface area contributed by atoms with Gasteiger partial charge in [0, 0.05) is 69.3 Å². The van der Waals surface area contributed by atoms with Crippen LogP contribution in [0.4, 0.5) is 0 Å². The molecule has 5 heterocycles. The van der Waals surface area contributed by atoms with Gasteiger partial charge in [-0.2, -0.15) is 0 Å². The zero-order valence-electron chi connectivity index (χ0n) is 27.5. The molecular weight excluding hydrogens is 629 g/mol. The van der Waals surface area contributed by atoms with E-state index < -0.39 is 0 Å². The Balaban J connectivity index is 1.39. The molecular formula is C43H28N8. The van der Waals surface area contributed by atoms with E-state index in [4.69, 9.17) is 16.4 Å². The van der Waals surface area contributed by atoms with Crippen LogP contribution in [-0.4, -0.2) is 39.0 Å². The summed E-state index contributed by atoms with van der Waals surface area (Å²) in [6, 6.07) is 36.6. The summed E-state index contributed by atoms with van der Waals surface area (Å²) in [6.07, 6.45) is 17.3. The number of aromatic nitrogens is 8. The minimum absolute atomic E-state index is 0.493. The van der Waals surface area contributed by atoms with E-state index in [1.807, 2.05) is 49.4 Å². The highest BCUT2D eigenvalue weighted by molar-refractivity contribution is 6.09. The molecule has 0 spiro atoms. The molecule has 4 aromatic carbocycles. The van der Waals surface area contributed by atoms with E-state index in [-0.39, 0.29) is 0 Å². The monoisotopic (exact) mass is 656 g/mol. The van der Waals surface area contributed by atoms with Gasteiger partial charge in [-0.25, -0.2) is 29.9 Å². The van der Waals surface area contributed by atoms with Gasteiger partial charge in [-0.05, 0) is 55.5 Å². The topological polar surface area (TPSA) is 87.2 Å². The van der Waals surface area contributed by atoms with Crippen molar-refractivity contribution in [1.29, 1.82) is 0 Å². The number of hydrogen-bond donors (Lipinski definition) is 0. The summed E-state index contributed by atoms with van der Waals surface area (Å²) in [5, 5.41) is 3.30. The van der Waals surface area contributed by atoms with Crippen LogP contribution in [0.25, 0.3) is 84.6 Å². The number of hydrogen-bond acceptors (Lipinski definition) is 6. The molecule has 0 radical (unpaired) electrons. The third-order valence-electron chi connectivity index (χ3n) is 8.96. The molecule has 0 fully saturated rings. The third-order valence-corrected chi connectivity index (χ3v) is 8.96. The zero-order chi connectivity index (χ0) is 34.3. The summed E-state index contributed by atoms with van der Waals surface area (Å²) in [5.41, 5.74) is 6.99. The van der Waals surface area contributed by atoms with Crippen LogP contribution in [0.2, 0.25) is 0 Å². The number of rotatable bonds is 6. The highest BCUT2D eigenvalue weighted by atomic mass is 15.1. The smallest absolute Gasteiger partial charge is 0.163 e. The van der Waals surface area contributed by atoms with Crippen LogP contribution >= 0.6 is 0 Å². The highest BCUT2D eigenvalue weighted by Crippen LogP contribution is 2.36. The van der Waals surface area contributed by atoms with Crippen LogP contribution in [0, 0.1) is 12.3 Å². The van der Waals surface area contributed by atoms with Crippen LogP contribution in [0.1, 0.15) is 18.2 Å². The quantitative estimate of drug-likeness (QED) is 0.166. The van der Waals surface area contributed by atoms with E-state index in [2.05, 4.69) is 102 Å². The highest BCUT2D eigenvalue weighted by Gasteiger charge is 2.21.